The van der Waals surface area contributed by atoms with Crippen LogP contribution in [-0.2, 0) is 4.79 Å². The molecule has 2 aromatic carbocycles. The second kappa shape index (κ2) is 8.20. The molecule has 0 radical (unpaired) electrons. The van der Waals surface area contributed by atoms with Gasteiger partial charge < -0.3 is 5.32 Å². The first-order valence-corrected chi connectivity index (χ1v) is 10.4. The van der Waals surface area contributed by atoms with Crippen LogP contribution >= 0.6 is 11.3 Å². The zero-order valence-corrected chi connectivity index (χ0v) is 16.7. The summed E-state index contributed by atoms with van der Waals surface area (Å²) < 4.78 is 1.25. The Bertz CT molecular complexity index is 955. The maximum Gasteiger partial charge on any atom is 0.238 e. The molecule has 0 atom stereocenters. The maximum absolute atomic E-state index is 12.3. The smallest absolute Gasteiger partial charge is 0.238 e. The molecule has 1 amide bonds. The molecule has 4 rings (SSSR count). The van der Waals surface area contributed by atoms with Gasteiger partial charge in [-0.1, -0.05) is 12.1 Å². The fraction of sp³-hybridized carbons (Fsp3) is 0.318. The van der Waals surface area contributed by atoms with Crippen molar-refractivity contribution in [3.8, 4) is 0 Å². The quantitative estimate of drug-likeness (QED) is 0.656. The number of benzene rings is 2. The SMILES string of the molecule is CC(=O)c1ccc(NC(=O)CN2CCC(c3nc4ccccc4s3)CC2)cc1. The largest absolute Gasteiger partial charge is 0.325 e. The van der Waals surface area contributed by atoms with Crippen LogP contribution in [0.4, 0.5) is 5.69 Å². The summed E-state index contributed by atoms with van der Waals surface area (Å²) in [6.45, 7) is 3.72. The van der Waals surface area contributed by atoms with Crippen molar-refractivity contribution in [3.05, 3.63) is 59.1 Å². The average molecular weight is 394 g/mol. The van der Waals surface area contributed by atoms with Gasteiger partial charge >= 0.3 is 0 Å². The van der Waals surface area contributed by atoms with Crippen molar-refractivity contribution in [1.82, 2.24) is 9.88 Å². The number of hydrogen-bond donors (Lipinski definition) is 1. The highest BCUT2D eigenvalue weighted by Gasteiger charge is 2.24. The van der Waals surface area contributed by atoms with Gasteiger partial charge in [0.1, 0.15) is 0 Å². The van der Waals surface area contributed by atoms with Crippen molar-refractivity contribution in [2.45, 2.75) is 25.7 Å². The van der Waals surface area contributed by atoms with E-state index in [2.05, 4.69) is 28.4 Å². The Labute approximate surface area is 168 Å². The fourth-order valence-electron chi connectivity index (χ4n) is 3.59. The van der Waals surface area contributed by atoms with Crippen molar-refractivity contribution in [2.75, 3.05) is 25.0 Å². The van der Waals surface area contributed by atoms with Crippen LogP contribution < -0.4 is 5.32 Å². The number of Topliss-reactive ketones (excluding diaryl/α,β-unsaturated/α-hetero) is 1. The first-order valence-electron chi connectivity index (χ1n) is 9.57. The van der Waals surface area contributed by atoms with Crippen LogP contribution in [0.2, 0.25) is 0 Å². The highest BCUT2D eigenvalue weighted by Crippen LogP contribution is 2.33. The Morgan fingerprint density at radius 1 is 1.11 bits per heavy atom. The third-order valence-corrected chi connectivity index (χ3v) is 6.39. The molecule has 28 heavy (non-hydrogen) atoms. The minimum Gasteiger partial charge on any atom is -0.325 e. The Morgan fingerprint density at radius 3 is 2.50 bits per heavy atom. The zero-order chi connectivity index (χ0) is 19.5. The summed E-state index contributed by atoms with van der Waals surface area (Å²) in [5.41, 5.74) is 2.45. The van der Waals surface area contributed by atoms with Crippen molar-refractivity contribution in [2.24, 2.45) is 0 Å². The van der Waals surface area contributed by atoms with Gasteiger partial charge in [-0.3, -0.25) is 14.5 Å². The van der Waals surface area contributed by atoms with Crippen LogP contribution in [0.25, 0.3) is 10.2 Å². The number of ketones is 1. The minimum absolute atomic E-state index is 0.0194. The lowest BCUT2D eigenvalue weighted by molar-refractivity contribution is -0.117. The topological polar surface area (TPSA) is 62.3 Å². The Kier molecular flexibility index (Phi) is 5.50. The molecule has 0 aliphatic carbocycles. The molecule has 1 aliphatic heterocycles. The van der Waals surface area contributed by atoms with Crippen LogP contribution in [0.3, 0.4) is 0 Å². The van der Waals surface area contributed by atoms with Crippen molar-refractivity contribution in [1.29, 1.82) is 0 Å². The number of rotatable bonds is 5. The van der Waals surface area contributed by atoms with Gasteiger partial charge in [-0.2, -0.15) is 0 Å². The van der Waals surface area contributed by atoms with Gasteiger partial charge in [-0.05, 0) is 69.3 Å². The number of nitrogens with one attached hydrogen (secondary N) is 1. The number of nitrogens with zero attached hydrogens (tertiary/aromatic N) is 2. The Hall–Kier alpha value is -2.57. The molecule has 3 aromatic rings. The van der Waals surface area contributed by atoms with E-state index in [9.17, 15) is 9.59 Å². The number of amides is 1. The molecule has 0 saturated carbocycles. The molecule has 5 nitrogen and oxygen atoms in total. The number of hydrogen-bond acceptors (Lipinski definition) is 5. The Morgan fingerprint density at radius 2 is 1.82 bits per heavy atom. The third kappa shape index (κ3) is 4.29. The van der Waals surface area contributed by atoms with Gasteiger partial charge in [0.2, 0.25) is 5.91 Å². The highest BCUT2D eigenvalue weighted by molar-refractivity contribution is 7.18. The summed E-state index contributed by atoms with van der Waals surface area (Å²) in [7, 11) is 0. The lowest BCUT2D eigenvalue weighted by atomic mass is 9.97. The van der Waals surface area contributed by atoms with Gasteiger partial charge in [0.15, 0.2) is 5.78 Å². The van der Waals surface area contributed by atoms with Gasteiger partial charge in [0.25, 0.3) is 0 Å². The fourth-order valence-corrected chi connectivity index (χ4v) is 4.73. The molecule has 1 saturated heterocycles. The Balaban J connectivity index is 1.29. The predicted molar refractivity (Wildman–Crippen MR) is 113 cm³/mol. The number of para-hydroxylation sites is 1. The average Bonchev–Trinajstić information content (AvgIpc) is 3.13. The minimum atomic E-state index is -0.0194. The molecule has 0 bridgehead atoms. The number of carbonyl (C=O) groups excluding carboxylic acids is 2. The predicted octanol–water partition coefficient (Wildman–Crippen LogP) is 4.32. The van der Waals surface area contributed by atoms with E-state index in [1.807, 2.05) is 6.07 Å². The summed E-state index contributed by atoms with van der Waals surface area (Å²) in [6.07, 6.45) is 2.06. The number of carbonyl (C=O) groups is 2. The summed E-state index contributed by atoms with van der Waals surface area (Å²) >= 11 is 1.79. The van der Waals surface area contributed by atoms with E-state index in [1.54, 1.807) is 35.6 Å². The summed E-state index contributed by atoms with van der Waals surface area (Å²) in [5, 5.41) is 4.13. The number of aromatic nitrogens is 1. The van der Waals surface area contributed by atoms with Gasteiger partial charge in [0, 0.05) is 17.2 Å². The van der Waals surface area contributed by atoms with Gasteiger partial charge in [-0.25, -0.2) is 4.98 Å². The van der Waals surface area contributed by atoms with Gasteiger partial charge in [-0.15, -0.1) is 11.3 Å². The van der Waals surface area contributed by atoms with E-state index in [4.69, 9.17) is 4.98 Å². The van der Waals surface area contributed by atoms with Crippen molar-refractivity contribution in [3.63, 3.8) is 0 Å². The molecule has 1 N–H and O–H groups in total. The van der Waals surface area contributed by atoms with Crippen LogP contribution in [0.1, 0.15) is 41.0 Å². The third-order valence-electron chi connectivity index (χ3n) is 5.19. The molecule has 6 heteroatoms. The van der Waals surface area contributed by atoms with Crippen LogP contribution in [0, 0.1) is 0 Å². The summed E-state index contributed by atoms with van der Waals surface area (Å²) in [6, 6.07) is 15.3. The zero-order valence-electron chi connectivity index (χ0n) is 15.9. The number of anilines is 1. The summed E-state index contributed by atoms with van der Waals surface area (Å²) in [4.78, 5) is 30.7. The van der Waals surface area contributed by atoms with Crippen molar-refractivity contribution >= 4 is 38.9 Å². The second-order valence-corrected chi connectivity index (χ2v) is 8.31. The molecule has 1 aliphatic rings. The molecule has 0 spiro atoms. The molecule has 1 aromatic heterocycles. The standard InChI is InChI=1S/C22H23N3O2S/c1-15(26)16-6-8-18(9-7-16)23-21(27)14-25-12-10-17(11-13-25)22-24-19-4-2-3-5-20(19)28-22/h2-9,17H,10-14H2,1H3,(H,23,27). The molecular formula is C22H23N3O2S. The number of piperidine rings is 1. The molecule has 0 unspecified atom stereocenters. The molecule has 2 heterocycles. The van der Waals surface area contributed by atoms with E-state index in [0.29, 0.717) is 18.0 Å². The maximum atomic E-state index is 12.3. The molecule has 144 valence electrons. The molecule has 1 fully saturated rings. The van der Waals surface area contributed by atoms with Crippen LogP contribution in [0.15, 0.2) is 48.5 Å². The lowest BCUT2D eigenvalue weighted by Crippen LogP contribution is -2.38. The summed E-state index contributed by atoms with van der Waals surface area (Å²) in [5.74, 6) is 0.485. The number of likely N-dealkylation sites (tertiary alicyclic amines) is 1. The van der Waals surface area contributed by atoms with E-state index in [1.165, 1.54) is 16.6 Å². The number of thiazole rings is 1. The monoisotopic (exact) mass is 393 g/mol. The van der Waals surface area contributed by atoms with Crippen LogP contribution in [0.5, 0.6) is 0 Å². The lowest BCUT2D eigenvalue weighted by Gasteiger charge is -2.30. The second-order valence-electron chi connectivity index (χ2n) is 7.25. The highest BCUT2D eigenvalue weighted by atomic mass is 32.1. The van der Waals surface area contributed by atoms with E-state index in [0.717, 1.165) is 37.1 Å². The first kappa shape index (κ1) is 18.8. The van der Waals surface area contributed by atoms with E-state index in [-0.39, 0.29) is 11.7 Å². The van der Waals surface area contributed by atoms with Crippen LogP contribution in [-0.4, -0.2) is 41.2 Å². The number of fused-ring (bicyclic) bond motifs is 1. The van der Waals surface area contributed by atoms with E-state index >= 15 is 0 Å². The van der Waals surface area contributed by atoms with Gasteiger partial charge in [0.05, 0.1) is 21.8 Å². The molecular weight excluding hydrogens is 370 g/mol. The van der Waals surface area contributed by atoms with Crippen molar-refractivity contribution < 1.29 is 9.59 Å². The normalized spacial score (nSPS) is 15.6. The first-order chi connectivity index (χ1) is 13.6. The van der Waals surface area contributed by atoms with E-state index < -0.39 is 0 Å².